The average molecular weight is 291 g/mol. The second-order valence-corrected chi connectivity index (χ2v) is 7.96. The minimum absolute atomic E-state index is 0.564. The van der Waals surface area contributed by atoms with Crippen LogP contribution in [0.15, 0.2) is 0 Å². The molecular weight excluding hydrogens is 262 g/mol. The molecule has 6 nitrogen and oxygen atoms in total. The van der Waals surface area contributed by atoms with Crippen molar-refractivity contribution in [2.75, 3.05) is 54.1 Å². The Bertz CT molecular complexity index is 232. The summed E-state index contributed by atoms with van der Waals surface area (Å²) in [5.41, 5.74) is 5.67. The zero-order valence-corrected chi connectivity index (χ0v) is 13.5. The number of nitrogens with one attached hydrogen (secondary N) is 1. The monoisotopic (exact) mass is 291 g/mol. The zero-order chi connectivity index (χ0) is 14.1. The van der Waals surface area contributed by atoms with Crippen molar-refractivity contribution in [2.45, 2.75) is 24.9 Å². The van der Waals surface area contributed by atoms with Crippen LogP contribution < -0.4 is 11.1 Å². The number of rotatable bonds is 9. The minimum Gasteiger partial charge on any atom is -0.377 e. The molecule has 1 atom stereocenters. The topological polar surface area (TPSA) is 69.0 Å². The SMILES string of the molecule is CO[Si](CCCC1CNCCN1CCN)(OC)OC. The summed E-state index contributed by atoms with van der Waals surface area (Å²) < 4.78 is 16.3. The summed E-state index contributed by atoms with van der Waals surface area (Å²) in [4.78, 5) is 2.48. The first kappa shape index (κ1) is 17.0. The van der Waals surface area contributed by atoms with Gasteiger partial charge in [-0.1, -0.05) is 0 Å². The van der Waals surface area contributed by atoms with Gasteiger partial charge in [0, 0.05) is 66.1 Å². The van der Waals surface area contributed by atoms with Gasteiger partial charge in [0.25, 0.3) is 0 Å². The van der Waals surface area contributed by atoms with Gasteiger partial charge >= 0.3 is 8.80 Å². The molecule has 1 rings (SSSR count). The Labute approximate surface area is 117 Å². The lowest BCUT2D eigenvalue weighted by Crippen LogP contribution is -2.52. The van der Waals surface area contributed by atoms with E-state index in [0.717, 1.165) is 51.6 Å². The molecule has 3 N–H and O–H groups in total. The van der Waals surface area contributed by atoms with Gasteiger partial charge in [0.2, 0.25) is 0 Å². The fraction of sp³-hybridized carbons (Fsp3) is 1.00. The Morgan fingerprint density at radius 2 is 1.95 bits per heavy atom. The van der Waals surface area contributed by atoms with E-state index in [2.05, 4.69) is 10.2 Å². The molecule has 0 spiro atoms. The predicted molar refractivity (Wildman–Crippen MR) is 78.1 cm³/mol. The van der Waals surface area contributed by atoms with Crippen LogP contribution in [0.3, 0.4) is 0 Å². The molecule has 1 aliphatic heterocycles. The van der Waals surface area contributed by atoms with Crippen LogP contribution >= 0.6 is 0 Å². The van der Waals surface area contributed by atoms with Crippen molar-refractivity contribution in [3.63, 3.8) is 0 Å². The minimum atomic E-state index is -2.41. The van der Waals surface area contributed by atoms with E-state index >= 15 is 0 Å². The van der Waals surface area contributed by atoms with E-state index in [1.54, 1.807) is 21.3 Å². The molecule has 0 amide bonds. The molecule has 7 heteroatoms. The Hall–Kier alpha value is -0.0231. The largest absolute Gasteiger partial charge is 0.500 e. The van der Waals surface area contributed by atoms with Crippen LogP contribution in [0.1, 0.15) is 12.8 Å². The van der Waals surface area contributed by atoms with Crippen molar-refractivity contribution in [2.24, 2.45) is 5.73 Å². The van der Waals surface area contributed by atoms with E-state index in [1.165, 1.54) is 0 Å². The summed E-state index contributed by atoms with van der Waals surface area (Å²) in [7, 11) is 2.60. The number of hydrogen-bond acceptors (Lipinski definition) is 6. The summed E-state index contributed by atoms with van der Waals surface area (Å²) in [5, 5.41) is 3.45. The fourth-order valence-electron chi connectivity index (χ4n) is 2.66. The van der Waals surface area contributed by atoms with Gasteiger partial charge in [-0.05, 0) is 12.8 Å². The van der Waals surface area contributed by atoms with Crippen LogP contribution in [0, 0.1) is 0 Å². The molecule has 1 unspecified atom stereocenters. The number of piperazine rings is 1. The highest BCUT2D eigenvalue weighted by Gasteiger charge is 2.37. The number of hydrogen-bond donors (Lipinski definition) is 2. The second-order valence-electron chi connectivity index (χ2n) is 4.87. The molecule has 114 valence electrons. The van der Waals surface area contributed by atoms with Crippen LogP contribution in [0.5, 0.6) is 0 Å². The molecule has 0 aliphatic carbocycles. The maximum Gasteiger partial charge on any atom is 0.500 e. The van der Waals surface area contributed by atoms with Gasteiger partial charge in [0.1, 0.15) is 0 Å². The molecular formula is C12H29N3O3Si. The first-order valence-electron chi connectivity index (χ1n) is 7.01. The molecule has 0 aromatic rings. The van der Waals surface area contributed by atoms with Gasteiger partial charge in [0.05, 0.1) is 0 Å². The van der Waals surface area contributed by atoms with Gasteiger partial charge in [0.15, 0.2) is 0 Å². The first-order chi connectivity index (χ1) is 9.21. The van der Waals surface area contributed by atoms with Gasteiger partial charge < -0.3 is 24.3 Å². The molecule has 0 aromatic heterocycles. The first-order valence-corrected chi connectivity index (χ1v) is 8.95. The predicted octanol–water partition coefficient (Wildman–Crippen LogP) is -0.123. The van der Waals surface area contributed by atoms with E-state index in [9.17, 15) is 0 Å². The third kappa shape index (κ3) is 5.11. The van der Waals surface area contributed by atoms with Gasteiger partial charge in [-0.25, -0.2) is 0 Å². The van der Waals surface area contributed by atoms with Gasteiger partial charge in [-0.15, -0.1) is 0 Å². The summed E-state index contributed by atoms with van der Waals surface area (Å²) in [6.07, 6.45) is 2.17. The number of nitrogens with zero attached hydrogens (tertiary/aromatic N) is 1. The normalized spacial score (nSPS) is 21.8. The highest BCUT2D eigenvalue weighted by molar-refractivity contribution is 6.60. The van der Waals surface area contributed by atoms with Crippen molar-refractivity contribution >= 4 is 8.80 Å². The van der Waals surface area contributed by atoms with Crippen molar-refractivity contribution in [3.05, 3.63) is 0 Å². The lowest BCUT2D eigenvalue weighted by molar-refractivity contribution is 0.118. The van der Waals surface area contributed by atoms with Crippen LogP contribution in [-0.2, 0) is 13.3 Å². The van der Waals surface area contributed by atoms with Gasteiger partial charge in [-0.2, -0.15) is 0 Å². The van der Waals surface area contributed by atoms with Crippen LogP contribution in [0.25, 0.3) is 0 Å². The third-order valence-corrected chi connectivity index (χ3v) is 6.67. The van der Waals surface area contributed by atoms with Crippen molar-refractivity contribution < 1.29 is 13.3 Å². The molecule has 0 bridgehead atoms. The third-order valence-electron chi connectivity index (χ3n) is 3.84. The highest BCUT2D eigenvalue weighted by atomic mass is 28.4. The standard InChI is InChI=1S/C12H29N3O3Si/c1-16-19(17-2,18-3)10-4-5-12-11-14-7-9-15(12)8-6-13/h12,14H,4-11,13H2,1-3H3. The lowest BCUT2D eigenvalue weighted by Gasteiger charge is -2.36. The molecule has 0 aromatic carbocycles. The van der Waals surface area contributed by atoms with Gasteiger partial charge in [-0.3, -0.25) is 4.90 Å². The summed E-state index contributed by atoms with van der Waals surface area (Å²) in [6, 6.07) is 1.43. The lowest BCUT2D eigenvalue weighted by atomic mass is 10.1. The van der Waals surface area contributed by atoms with Crippen LogP contribution in [0.2, 0.25) is 6.04 Å². The molecule has 1 heterocycles. The Morgan fingerprint density at radius 1 is 1.26 bits per heavy atom. The summed E-state index contributed by atoms with van der Waals surface area (Å²) >= 11 is 0. The summed E-state index contributed by atoms with van der Waals surface area (Å²) in [5.74, 6) is 0. The average Bonchev–Trinajstić information content (AvgIpc) is 2.46. The zero-order valence-electron chi connectivity index (χ0n) is 12.5. The molecule has 0 radical (unpaired) electrons. The van der Waals surface area contributed by atoms with Crippen molar-refractivity contribution in [1.29, 1.82) is 0 Å². The van der Waals surface area contributed by atoms with E-state index in [-0.39, 0.29) is 0 Å². The number of nitrogens with two attached hydrogens (primary N) is 1. The molecule has 1 aliphatic rings. The molecule has 1 fully saturated rings. The van der Waals surface area contributed by atoms with Crippen molar-refractivity contribution in [1.82, 2.24) is 10.2 Å². The highest BCUT2D eigenvalue weighted by Crippen LogP contribution is 2.19. The fourth-order valence-corrected chi connectivity index (χ4v) is 4.41. The van der Waals surface area contributed by atoms with Crippen molar-refractivity contribution in [3.8, 4) is 0 Å². The Morgan fingerprint density at radius 3 is 2.53 bits per heavy atom. The van der Waals surface area contributed by atoms with Crippen LogP contribution in [0.4, 0.5) is 0 Å². The maximum absolute atomic E-state index is 5.67. The Balaban J connectivity index is 2.37. The van der Waals surface area contributed by atoms with Crippen LogP contribution in [-0.4, -0.2) is 73.8 Å². The maximum atomic E-state index is 5.67. The Kier molecular flexibility index (Phi) is 8.08. The van der Waals surface area contributed by atoms with E-state index in [1.807, 2.05) is 0 Å². The molecule has 0 saturated carbocycles. The molecule has 19 heavy (non-hydrogen) atoms. The molecule has 1 saturated heterocycles. The smallest absolute Gasteiger partial charge is 0.377 e. The van der Waals surface area contributed by atoms with E-state index in [4.69, 9.17) is 19.0 Å². The van der Waals surface area contributed by atoms with E-state index < -0.39 is 8.80 Å². The summed E-state index contributed by atoms with van der Waals surface area (Å²) in [6.45, 7) is 4.89. The van der Waals surface area contributed by atoms with E-state index in [0.29, 0.717) is 6.04 Å². The second kappa shape index (κ2) is 9.01. The quantitative estimate of drug-likeness (QED) is 0.577.